The Kier molecular flexibility index (Phi) is 9.88. The third-order valence-corrected chi connectivity index (χ3v) is 7.95. The monoisotopic (exact) mass is 414 g/mol. The van der Waals surface area contributed by atoms with Crippen LogP contribution in [0.2, 0.25) is 0 Å². The molecule has 2 nitrogen and oxygen atoms in total. The summed E-state index contributed by atoms with van der Waals surface area (Å²) in [6.45, 7) is 12.0. The van der Waals surface area contributed by atoms with E-state index in [0.29, 0.717) is 17.1 Å². The van der Waals surface area contributed by atoms with E-state index in [-0.39, 0.29) is 0 Å². The first-order valence-corrected chi connectivity index (χ1v) is 12.6. The maximum Gasteiger partial charge on any atom is 0.0313 e. The van der Waals surface area contributed by atoms with Gasteiger partial charge < -0.3 is 10.2 Å². The van der Waals surface area contributed by atoms with Crippen molar-refractivity contribution in [2.24, 2.45) is 11.8 Å². The molecule has 0 heterocycles. The van der Waals surface area contributed by atoms with Crippen molar-refractivity contribution in [2.45, 2.75) is 116 Å². The van der Waals surface area contributed by atoms with Crippen LogP contribution >= 0.6 is 0 Å². The van der Waals surface area contributed by atoms with Gasteiger partial charge in [-0.25, -0.2) is 0 Å². The highest BCUT2D eigenvalue weighted by molar-refractivity contribution is 5.17. The van der Waals surface area contributed by atoms with Crippen LogP contribution in [0.4, 0.5) is 0 Å². The Labute approximate surface area is 188 Å². The van der Waals surface area contributed by atoms with Gasteiger partial charge in [-0.1, -0.05) is 68.9 Å². The fourth-order valence-corrected chi connectivity index (χ4v) is 5.71. The molecule has 0 amide bonds. The lowest BCUT2D eigenvalue weighted by atomic mass is 9.72. The van der Waals surface area contributed by atoms with Gasteiger partial charge in [-0.05, 0) is 91.8 Å². The molecule has 1 atom stereocenters. The molecule has 172 valence electrons. The van der Waals surface area contributed by atoms with Gasteiger partial charge in [0, 0.05) is 17.1 Å². The summed E-state index contributed by atoms with van der Waals surface area (Å²) in [5.74, 6) is 1.76. The van der Waals surface area contributed by atoms with E-state index >= 15 is 0 Å². The van der Waals surface area contributed by atoms with Gasteiger partial charge in [-0.3, -0.25) is 0 Å². The first-order valence-electron chi connectivity index (χ1n) is 12.6. The molecule has 0 aliphatic heterocycles. The lowest BCUT2D eigenvalue weighted by Gasteiger charge is -2.47. The highest BCUT2D eigenvalue weighted by atomic mass is 15.1. The van der Waals surface area contributed by atoms with E-state index in [2.05, 4.69) is 83.2 Å². The zero-order valence-corrected chi connectivity index (χ0v) is 21.1. The first-order chi connectivity index (χ1) is 14.1. The van der Waals surface area contributed by atoms with Gasteiger partial charge >= 0.3 is 0 Å². The van der Waals surface area contributed by atoms with Crippen LogP contribution in [0.25, 0.3) is 0 Å². The summed E-state index contributed by atoms with van der Waals surface area (Å²) in [4.78, 5) is 2.20. The van der Waals surface area contributed by atoms with Crippen LogP contribution in [-0.2, 0) is 0 Å². The van der Waals surface area contributed by atoms with Crippen LogP contribution in [0.1, 0.15) is 110 Å². The molecule has 0 spiro atoms. The van der Waals surface area contributed by atoms with Crippen molar-refractivity contribution in [1.82, 2.24) is 10.2 Å². The van der Waals surface area contributed by atoms with E-state index in [1.165, 1.54) is 69.8 Å². The average molecular weight is 415 g/mol. The second-order valence-electron chi connectivity index (χ2n) is 11.3. The largest absolute Gasteiger partial charge is 0.306 e. The fourth-order valence-electron chi connectivity index (χ4n) is 5.71. The minimum atomic E-state index is 0.307. The van der Waals surface area contributed by atoms with Gasteiger partial charge in [-0.2, -0.15) is 0 Å². The maximum atomic E-state index is 4.07. The number of hydrogen-bond acceptors (Lipinski definition) is 2. The Balaban J connectivity index is 0.000000248. The van der Waals surface area contributed by atoms with Gasteiger partial charge in [0.2, 0.25) is 0 Å². The molecule has 2 saturated carbocycles. The summed E-state index contributed by atoms with van der Waals surface area (Å²) >= 11 is 0. The van der Waals surface area contributed by atoms with Crippen molar-refractivity contribution in [3.63, 3.8) is 0 Å². The number of rotatable bonds is 6. The summed E-state index contributed by atoms with van der Waals surface area (Å²) in [6.07, 6.45) is 14.4. The molecule has 1 N–H and O–H groups in total. The minimum absolute atomic E-state index is 0.307. The zero-order chi connectivity index (χ0) is 22.2. The second kappa shape index (κ2) is 11.7. The number of nitrogens with one attached hydrogen (secondary N) is 1. The van der Waals surface area contributed by atoms with Crippen LogP contribution in [0, 0.1) is 11.8 Å². The Morgan fingerprint density at radius 1 is 0.733 bits per heavy atom. The summed E-state index contributed by atoms with van der Waals surface area (Å²) in [5, 5.41) is 4.07. The van der Waals surface area contributed by atoms with E-state index in [0.717, 1.165) is 11.8 Å². The third-order valence-electron chi connectivity index (χ3n) is 7.95. The summed E-state index contributed by atoms with van der Waals surface area (Å²) in [7, 11) is 4.19. The van der Waals surface area contributed by atoms with Crippen LogP contribution in [0.5, 0.6) is 0 Å². The van der Waals surface area contributed by atoms with Gasteiger partial charge in [0.1, 0.15) is 0 Å². The molecule has 3 rings (SSSR count). The van der Waals surface area contributed by atoms with Gasteiger partial charge in [-0.15, -0.1) is 0 Å². The summed E-state index contributed by atoms with van der Waals surface area (Å²) in [5.41, 5.74) is 1.99. The van der Waals surface area contributed by atoms with Gasteiger partial charge in [0.25, 0.3) is 0 Å². The van der Waals surface area contributed by atoms with Crippen LogP contribution in [-0.4, -0.2) is 30.1 Å². The molecule has 1 unspecified atom stereocenters. The minimum Gasteiger partial charge on any atom is -0.306 e. The maximum absolute atomic E-state index is 4.07. The van der Waals surface area contributed by atoms with E-state index < -0.39 is 0 Å². The van der Waals surface area contributed by atoms with Crippen molar-refractivity contribution in [3.05, 3.63) is 35.9 Å². The van der Waals surface area contributed by atoms with E-state index in [1.54, 1.807) is 0 Å². The van der Waals surface area contributed by atoms with E-state index in [1.807, 2.05) is 6.07 Å². The molecule has 2 aliphatic carbocycles. The predicted molar refractivity (Wildman–Crippen MR) is 133 cm³/mol. The van der Waals surface area contributed by atoms with Crippen LogP contribution in [0.15, 0.2) is 30.3 Å². The predicted octanol–water partition coefficient (Wildman–Crippen LogP) is 7.60. The zero-order valence-electron chi connectivity index (χ0n) is 21.1. The highest BCUT2D eigenvalue weighted by Gasteiger charge is 2.38. The smallest absolute Gasteiger partial charge is 0.0313 e. The quantitative estimate of drug-likeness (QED) is 0.515. The molecule has 1 aromatic rings. The Bertz CT molecular complexity index is 550. The summed E-state index contributed by atoms with van der Waals surface area (Å²) in [6, 6.07) is 11.0. The Hall–Kier alpha value is -0.860. The molecule has 0 saturated heterocycles. The molecule has 2 fully saturated rings. The molecule has 2 aliphatic rings. The molecule has 0 bridgehead atoms. The number of hydrogen-bond donors (Lipinski definition) is 1. The molecule has 1 aromatic carbocycles. The number of nitrogens with zero attached hydrogens (tertiary/aromatic N) is 1. The molecule has 30 heavy (non-hydrogen) atoms. The average Bonchev–Trinajstić information content (AvgIpc) is 2.75. The normalized spacial score (nSPS) is 20.5. The highest BCUT2D eigenvalue weighted by Crippen LogP contribution is 2.38. The lowest BCUT2D eigenvalue weighted by molar-refractivity contribution is 0.102. The molecular weight excluding hydrogens is 364 g/mol. The number of benzene rings is 1. The van der Waals surface area contributed by atoms with Crippen molar-refractivity contribution >= 4 is 0 Å². The van der Waals surface area contributed by atoms with Crippen molar-refractivity contribution < 1.29 is 0 Å². The second-order valence-corrected chi connectivity index (χ2v) is 11.3. The van der Waals surface area contributed by atoms with Crippen molar-refractivity contribution in [3.8, 4) is 0 Å². The van der Waals surface area contributed by atoms with Gasteiger partial charge in [0.15, 0.2) is 0 Å². The van der Waals surface area contributed by atoms with Gasteiger partial charge in [0.05, 0.1) is 0 Å². The first kappa shape index (κ1) is 25.4. The fraction of sp³-hybridized carbons (Fsp3) is 0.786. The van der Waals surface area contributed by atoms with Crippen LogP contribution < -0.4 is 5.32 Å². The standard InChI is InChI=1S/C18H35N.C10H15N/c1-17(2,15-11-7-5-8-12-15)19-18(3,4)16-13-9-6-10-14-16;1-9(11(2)3)10-7-5-4-6-8-10/h15-16,19H,5-14H2,1-4H3;4-9H,1-3H3. The topological polar surface area (TPSA) is 15.3 Å². The molecular formula is C28H50N2. The Morgan fingerprint density at radius 3 is 1.50 bits per heavy atom. The summed E-state index contributed by atoms with van der Waals surface area (Å²) < 4.78 is 0. The third kappa shape index (κ3) is 7.68. The van der Waals surface area contributed by atoms with E-state index in [4.69, 9.17) is 0 Å². The lowest BCUT2D eigenvalue weighted by Crippen LogP contribution is -2.59. The van der Waals surface area contributed by atoms with Crippen molar-refractivity contribution in [2.75, 3.05) is 14.1 Å². The van der Waals surface area contributed by atoms with E-state index in [9.17, 15) is 0 Å². The molecule has 0 radical (unpaired) electrons. The Morgan fingerprint density at radius 2 is 1.13 bits per heavy atom. The van der Waals surface area contributed by atoms with Crippen LogP contribution in [0.3, 0.4) is 0 Å². The SMILES string of the molecule is CC(C)(NC(C)(C)C1CCCCC1)C1CCCCC1.CC(c1ccccc1)N(C)C. The van der Waals surface area contributed by atoms with Crippen molar-refractivity contribution in [1.29, 1.82) is 0 Å². The molecule has 0 aromatic heterocycles. The molecule has 2 heteroatoms.